The number of halogens is 5. The average Bonchev–Trinajstić information content (AvgIpc) is 2.13. The second kappa shape index (κ2) is 4.75. The van der Waals surface area contributed by atoms with Crippen molar-refractivity contribution in [2.24, 2.45) is 0 Å². The number of aromatic nitrogens is 1. The summed E-state index contributed by atoms with van der Waals surface area (Å²) < 4.78 is 62.7. The highest BCUT2D eigenvalue weighted by atomic mass is 19.4. The van der Waals surface area contributed by atoms with Crippen LogP contribution in [0.15, 0.2) is 6.20 Å². The zero-order valence-corrected chi connectivity index (χ0v) is 8.63. The van der Waals surface area contributed by atoms with E-state index in [1.54, 1.807) is 0 Å². The Bertz CT molecular complexity index is 473. The molecule has 0 saturated carbocycles. The first kappa shape index (κ1) is 14.1. The van der Waals surface area contributed by atoms with Gasteiger partial charge in [-0.05, 0) is 5.56 Å². The molecule has 3 N–H and O–H groups in total. The highest BCUT2D eigenvalue weighted by Crippen LogP contribution is 2.39. The molecule has 0 bridgehead atoms. The van der Waals surface area contributed by atoms with Gasteiger partial charge in [-0.2, -0.15) is 13.2 Å². The fourth-order valence-corrected chi connectivity index (χ4v) is 1.39. The van der Waals surface area contributed by atoms with Crippen molar-refractivity contribution in [2.45, 2.75) is 19.0 Å². The molecular formula is C9H7F5N2O2. The summed E-state index contributed by atoms with van der Waals surface area (Å²) in [5.41, 5.74) is 0.214. The summed E-state index contributed by atoms with van der Waals surface area (Å²) in [7, 11) is 0. The Balaban J connectivity index is 3.47. The number of carboxylic acid groups (broad SMARTS) is 1. The Morgan fingerprint density at radius 1 is 1.44 bits per heavy atom. The standard InChI is InChI=1S/C9H7F5N2O2/c10-8(11)7-6(15)5(9(12,13)14)3(2-16-7)1-4(17)18/h2,8H,1,15H2,(H,17,18). The molecule has 0 aromatic carbocycles. The molecule has 0 saturated heterocycles. The van der Waals surface area contributed by atoms with E-state index in [1.165, 1.54) is 0 Å². The van der Waals surface area contributed by atoms with Crippen LogP contribution in [0.3, 0.4) is 0 Å². The topological polar surface area (TPSA) is 76.2 Å². The van der Waals surface area contributed by atoms with Crippen LogP contribution in [0, 0.1) is 0 Å². The predicted molar refractivity (Wildman–Crippen MR) is 49.9 cm³/mol. The summed E-state index contributed by atoms with van der Waals surface area (Å²) in [6, 6.07) is 0. The quantitative estimate of drug-likeness (QED) is 0.826. The number of carboxylic acids is 1. The lowest BCUT2D eigenvalue weighted by Crippen LogP contribution is -2.17. The van der Waals surface area contributed by atoms with E-state index in [2.05, 4.69) is 4.98 Å². The van der Waals surface area contributed by atoms with Gasteiger partial charge >= 0.3 is 12.1 Å². The lowest BCUT2D eigenvalue weighted by molar-refractivity contribution is -0.139. The van der Waals surface area contributed by atoms with Gasteiger partial charge in [0.1, 0.15) is 5.69 Å². The highest BCUT2D eigenvalue weighted by molar-refractivity contribution is 5.72. The van der Waals surface area contributed by atoms with Crippen molar-refractivity contribution in [1.82, 2.24) is 4.98 Å². The smallest absolute Gasteiger partial charge is 0.418 e. The third-order valence-corrected chi connectivity index (χ3v) is 2.06. The predicted octanol–water partition coefficient (Wildman–Crippen LogP) is 2.25. The van der Waals surface area contributed by atoms with Gasteiger partial charge in [0.2, 0.25) is 0 Å². The molecular weight excluding hydrogens is 263 g/mol. The molecule has 0 amide bonds. The van der Waals surface area contributed by atoms with E-state index < -0.39 is 47.5 Å². The van der Waals surface area contributed by atoms with Gasteiger partial charge in [0, 0.05) is 6.20 Å². The van der Waals surface area contributed by atoms with Gasteiger partial charge in [0.15, 0.2) is 0 Å². The van der Waals surface area contributed by atoms with Crippen LogP contribution in [-0.2, 0) is 17.4 Å². The van der Waals surface area contributed by atoms with Gasteiger partial charge in [-0.15, -0.1) is 0 Å². The molecule has 0 aliphatic carbocycles. The summed E-state index contributed by atoms with van der Waals surface area (Å²) in [5, 5.41) is 8.44. The van der Waals surface area contributed by atoms with Crippen LogP contribution >= 0.6 is 0 Å². The number of nitrogen functional groups attached to an aromatic ring is 1. The Kier molecular flexibility index (Phi) is 3.73. The minimum absolute atomic E-state index is 0.453. The van der Waals surface area contributed by atoms with E-state index in [9.17, 15) is 26.7 Å². The van der Waals surface area contributed by atoms with Crippen LogP contribution < -0.4 is 5.73 Å². The number of aliphatic carboxylic acids is 1. The number of anilines is 1. The van der Waals surface area contributed by atoms with E-state index >= 15 is 0 Å². The maximum absolute atomic E-state index is 12.7. The molecule has 0 spiro atoms. The Morgan fingerprint density at radius 2 is 2.00 bits per heavy atom. The highest BCUT2D eigenvalue weighted by Gasteiger charge is 2.38. The van der Waals surface area contributed by atoms with E-state index in [4.69, 9.17) is 10.8 Å². The van der Waals surface area contributed by atoms with Gasteiger partial charge in [0.05, 0.1) is 17.7 Å². The molecule has 0 unspecified atom stereocenters. The summed E-state index contributed by atoms with van der Waals surface area (Å²) in [5.74, 6) is -1.55. The zero-order chi connectivity index (χ0) is 14.1. The van der Waals surface area contributed by atoms with Crippen molar-refractivity contribution in [3.63, 3.8) is 0 Å². The Labute approximate surface area is 97.2 Å². The van der Waals surface area contributed by atoms with Crippen LogP contribution in [0.1, 0.15) is 23.2 Å². The molecule has 4 nitrogen and oxygen atoms in total. The normalized spacial score (nSPS) is 11.9. The van der Waals surface area contributed by atoms with E-state index in [-0.39, 0.29) is 0 Å². The minimum Gasteiger partial charge on any atom is -0.481 e. The molecule has 0 atom stereocenters. The Hall–Kier alpha value is -1.93. The number of pyridine rings is 1. The van der Waals surface area contributed by atoms with E-state index in [0.29, 0.717) is 6.20 Å². The molecule has 0 radical (unpaired) electrons. The molecule has 0 fully saturated rings. The third kappa shape index (κ3) is 2.84. The minimum atomic E-state index is -5.03. The summed E-state index contributed by atoms with van der Waals surface area (Å²) in [6.45, 7) is 0. The SMILES string of the molecule is Nc1c(C(F)F)ncc(CC(=O)O)c1C(F)(F)F. The lowest BCUT2D eigenvalue weighted by atomic mass is 10.0. The number of carbonyl (C=O) groups is 1. The number of nitrogens with zero attached hydrogens (tertiary/aromatic N) is 1. The Morgan fingerprint density at radius 3 is 2.39 bits per heavy atom. The molecule has 1 aromatic rings. The van der Waals surface area contributed by atoms with E-state index in [0.717, 1.165) is 0 Å². The second-order valence-corrected chi connectivity index (χ2v) is 3.33. The van der Waals surface area contributed by atoms with Crippen LogP contribution in [0.4, 0.5) is 27.6 Å². The molecule has 0 aliphatic heterocycles. The molecule has 1 rings (SSSR count). The molecule has 18 heavy (non-hydrogen) atoms. The maximum atomic E-state index is 12.7. The van der Waals surface area contributed by atoms with Gasteiger partial charge < -0.3 is 10.8 Å². The van der Waals surface area contributed by atoms with Gasteiger partial charge in [-0.3, -0.25) is 9.78 Å². The molecule has 100 valence electrons. The van der Waals surface area contributed by atoms with Gasteiger partial charge in [-0.1, -0.05) is 0 Å². The average molecular weight is 270 g/mol. The fraction of sp³-hybridized carbons (Fsp3) is 0.333. The molecule has 1 heterocycles. The summed E-state index contributed by atoms with van der Waals surface area (Å²) in [6.07, 6.45) is -8.85. The van der Waals surface area contributed by atoms with Crippen molar-refractivity contribution in [2.75, 3.05) is 5.73 Å². The van der Waals surface area contributed by atoms with Crippen molar-refractivity contribution >= 4 is 11.7 Å². The van der Waals surface area contributed by atoms with Crippen LogP contribution in [0.2, 0.25) is 0 Å². The number of nitrogens with two attached hydrogens (primary N) is 1. The summed E-state index contributed by atoms with van der Waals surface area (Å²) in [4.78, 5) is 13.5. The van der Waals surface area contributed by atoms with E-state index in [1.807, 2.05) is 0 Å². The van der Waals surface area contributed by atoms with Crippen LogP contribution in [0.5, 0.6) is 0 Å². The fourth-order valence-electron chi connectivity index (χ4n) is 1.39. The van der Waals surface area contributed by atoms with Crippen molar-refractivity contribution in [3.8, 4) is 0 Å². The number of hydrogen-bond acceptors (Lipinski definition) is 3. The van der Waals surface area contributed by atoms with Crippen LogP contribution in [-0.4, -0.2) is 16.1 Å². The van der Waals surface area contributed by atoms with Crippen molar-refractivity contribution in [3.05, 3.63) is 23.0 Å². The maximum Gasteiger partial charge on any atom is 0.418 e. The molecule has 0 aliphatic rings. The largest absolute Gasteiger partial charge is 0.481 e. The lowest BCUT2D eigenvalue weighted by Gasteiger charge is -2.16. The number of hydrogen-bond donors (Lipinski definition) is 2. The number of alkyl halides is 5. The first-order valence-electron chi connectivity index (χ1n) is 4.49. The monoisotopic (exact) mass is 270 g/mol. The van der Waals surface area contributed by atoms with Crippen molar-refractivity contribution in [1.29, 1.82) is 0 Å². The molecule has 1 aromatic heterocycles. The van der Waals surface area contributed by atoms with Gasteiger partial charge in [-0.25, -0.2) is 8.78 Å². The first-order chi connectivity index (χ1) is 8.14. The number of rotatable bonds is 3. The summed E-state index contributed by atoms with van der Waals surface area (Å²) >= 11 is 0. The van der Waals surface area contributed by atoms with Gasteiger partial charge in [0.25, 0.3) is 6.43 Å². The van der Waals surface area contributed by atoms with Crippen LogP contribution in [0.25, 0.3) is 0 Å². The third-order valence-electron chi connectivity index (χ3n) is 2.06. The zero-order valence-electron chi connectivity index (χ0n) is 8.63. The first-order valence-corrected chi connectivity index (χ1v) is 4.49. The molecule has 9 heteroatoms. The van der Waals surface area contributed by atoms with Crippen molar-refractivity contribution < 1.29 is 31.9 Å². The second-order valence-electron chi connectivity index (χ2n) is 3.33.